The fraction of sp³-hybridized carbons (Fsp3) is 0.120. The lowest BCUT2D eigenvalue weighted by Crippen LogP contribution is -1.92. The van der Waals surface area contributed by atoms with E-state index >= 15 is 0 Å². The molecule has 0 nitrogen and oxygen atoms in total. The predicted molar refractivity (Wildman–Crippen MR) is 109 cm³/mol. The van der Waals surface area contributed by atoms with E-state index < -0.39 is 0 Å². The zero-order chi connectivity index (χ0) is 17.2. The largest absolute Gasteiger partial charge is 0.0622 e. The molecule has 0 heterocycles. The van der Waals surface area contributed by atoms with Crippen molar-refractivity contribution in [3.05, 3.63) is 96.6 Å². The van der Waals surface area contributed by atoms with Gasteiger partial charge in [0.05, 0.1) is 0 Å². The maximum Gasteiger partial charge on any atom is -0.00963 e. The summed E-state index contributed by atoms with van der Waals surface area (Å²) in [4.78, 5) is 0. The van der Waals surface area contributed by atoms with Gasteiger partial charge in [-0.25, -0.2) is 0 Å². The zero-order valence-electron chi connectivity index (χ0n) is 14.7. The molecule has 0 spiro atoms. The van der Waals surface area contributed by atoms with Crippen LogP contribution in [0.15, 0.2) is 91.0 Å². The summed E-state index contributed by atoms with van der Waals surface area (Å²) in [5.74, 6) is 0.507. The summed E-state index contributed by atoms with van der Waals surface area (Å²) in [5.41, 5.74) is 6.55. The van der Waals surface area contributed by atoms with Gasteiger partial charge in [-0.15, -0.1) is 0 Å². The molecule has 4 aromatic rings. The van der Waals surface area contributed by atoms with E-state index in [1.807, 2.05) is 0 Å². The van der Waals surface area contributed by atoms with Crippen LogP contribution < -0.4 is 0 Å². The third kappa shape index (κ3) is 2.96. The van der Waals surface area contributed by atoms with E-state index in [1.54, 1.807) is 0 Å². The molecule has 0 aliphatic heterocycles. The Morgan fingerprint density at radius 2 is 1.20 bits per heavy atom. The molecule has 0 aromatic heterocycles. The van der Waals surface area contributed by atoms with E-state index in [1.165, 1.54) is 38.6 Å². The lowest BCUT2D eigenvalue weighted by molar-refractivity contribution is 0.869. The molecule has 122 valence electrons. The molecule has 0 N–H and O–H groups in total. The molecule has 4 rings (SSSR count). The molecular weight excluding hydrogens is 300 g/mol. The van der Waals surface area contributed by atoms with E-state index in [-0.39, 0.29) is 0 Å². The van der Waals surface area contributed by atoms with Crippen molar-refractivity contribution in [2.45, 2.75) is 19.8 Å². The second kappa shape index (κ2) is 6.57. The van der Waals surface area contributed by atoms with Gasteiger partial charge < -0.3 is 0 Å². The van der Waals surface area contributed by atoms with Gasteiger partial charge in [0.25, 0.3) is 0 Å². The van der Waals surface area contributed by atoms with Crippen molar-refractivity contribution in [1.82, 2.24) is 0 Å². The monoisotopic (exact) mass is 322 g/mol. The molecule has 0 fully saturated rings. The fourth-order valence-corrected chi connectivity index (χ4v) is 3.48. The van der Waals surface area contributed by atoms with Crippen LogP contribution in [0.2, 0.25) is 0 Å². The molecule has 0 radical (unpaired) electrons. The summed E-state index contributed by atoms with van der Waals surface area (Å²) >= 11 is 0. The van der Waals surface area contributed by atoms with Crippen molar-refractivity contribution >= 4 is 10.8 Å². The molecule has 25 heavy (non-hydrogen) atoms. The van der Waals surface area contributed by atoms with E-state index in [2.05, 4.69) is 105 Å². The Labute approximate surface area is 149 Å². The van der Waals surface area contributed by atoms with Crippen molar-refractivity contribution in [2.24, 2.45) is 0 Å². The van der Waals surface area contributed by atoms with E-state index in [0.717, 1.165) is 0 Å². The average Bonchev–Trinajstić information content (AvgIpc) is 2.68. The Bertz CT molecular complexity index is 1010. The Morgan fingerprint density at radius 1 is 0.560 bits per heavy atom. The third-order valence-corrected chi connectivity index (χ3v) is 4.85. The molecule has 0 aliphatic rings. The number of hydrogen-bond acceptors (Lipinski definition) is 0. The van der Waals surface area contributed by atoms with Crippen molar-refractivity contribution in [2.75, 3.05) is 0 Å². The zero-order valence-corrected chi connectivity index (χ0v) is 14.7. The van der Waals surface area contributed by atoms with Gasteiger partial charge in [-0.2, -0.15) is 0 Å². The van der Waals surface area contributed by atoms with Gasteiger partial charge in [0.1, 0.15) is 0 Å². The standard InChI is InChI=1S/C25H22/c1-18(2)21-16-20-12-6-7-14-23(20)25(17-21)24-15-9-8-13-22(24)19-10-4-3-5-11-19/h3-18H,1-2H3. The summed E-state index contributed by atoms with van der Waals surface area (Å²) in [6, 6.07) is 32.8. The van der Waals surface area contributed by atoms with Crippen LogP contribution in [-0.2, 0) is 0 Å². The molecule has 0 amide bonds. The molecule has 0 bridgehead atoms. The topological polar surface area (TPSA) is 0 Å². The lowest BCUT2D eigenvalue weighted by atomic mass is 9.88. The first-order chi connectivity index (χ1) is 12.2. The molecule has 0 saturated carbocycles. The van der Waals surface area contributed by atoms with E-state index in [9.17, 15) is 0 Å². The maximum atomic E-state index is 2.37. The maximum absolute atomic E-state index is 2.37. The van der Waals surface area contributed by atoms with Crippen LogP contribution in [0.25, 0.3) is 33.0 Å². The third-order valence-electron chi connectivity index (χ3n) is 4.85. The highest BCUT2D eigenvalue weighted by Crippen LogP contribution is 2.38. The van der Waals surface area contributed by atoms with Crippen molar-refractivity contribution in [3.8, 4) is 22.3 Å². The number of rotatable bonds is 3. The minimum absolute atomic E-state index is 0.507. The quantitative estimate of drug-likeness (QED) is 0.371. The van der Waals surface area contributed by atoms with Crippen molar-refractivity contribution in [3.63, 3.8) is 0 Å². The highest BCUT2D eigenvalue weighted by molar-refractivity contribution is 6.01. The number of benzene rings is 4. The van der Waals surface area contributed by atoms with E-state index in [0.29, 0.717) is 5.92 Å². The normalized spacial score (nSPS) is 11.2. The van der Waals surface area contributed by atoms with Gasteiger partial charge >= 0.3 is 0 Å². The molecule has 0 unspecified atom stereocenters. The minimum Gasteiger partial charge on any atom is -0.0622 e. The van der Waals surface area contributed by atoms with Crippen LogP contribution in [-0.4, -0.2) is 0 Å². The van der Waals surface area contributed by atoms with Gasteiger partial charge in [-0.05, 0) is 44.5 Å². The molecule has 0 aliphatic carbocycles. The van der Waals surface area contributed by atoms with E-state index in [4.69, 9.17) is 0 Å². The SMILES string of the molecule is CC(C)c1cc(-c2ccccc2-c2ccccc2)c2ccccc2c1. The van der Waals surface area contributed by atoms with Crippen LogP contribution in [0.1, 0.15) is 25.3 Å². The summed E-state index contributed by atoms with van der Waals surface area (Å²) in [6.07, 6.45) is 0. The highest BCUT2D eigenvalue weighted by Gasteiger charge is 2.12. The van der Waals surface area contributed by atoms with Crippen LogP contribution in [0.3, 0.4) is 0 Å². The summed E-state index contributed by atoms with van der Waals surface area (Å²) in [7, 11) is 0. The molecular formula is C25H22. The van der Waals surface area contributed by atoms with Gasteiger partial charge in [-0.3, -0.25) is 0 Å². The highest BCUT2D eigenvalue weighted by atomic mass is 14.2. The average molecular weight is 322 g/mol. The first-order valence-electron chi connectivity index (χ1n) is 8.91. The van der Waals surface area contributed by atoms with Gasteiger partial charge in [0.15, 0.2) is 0 Å². The van der Waals surface area contributed by atoms with Gasteiger partial charge in [0.2, 0.25) is 0 Å². The second-order valence-electron chi connectivity index (χ2n) is 6.86. The Morgan fingerprint density at radius 3 is 1.96 bits per heavy atom. The Hall–Kier alpha value is -2.86. The van der Waals surface area contributed by atoms with Crippen LogP contribution in [0.4, 0.5) is 0 Å². The van der Waals surface area contributed by atoms with Crippen LogP contribution >= 0.6 is 0 Å². The minimum atomic E-state index is 0.507. The summed E-state index contributed by atoms with van der Waals surface area (Å²) < 4.78 is 0. The Kier molecular flexibility index (Phi) is 4.11. The molecule has 0 heteroatoms. The summed E-state index contributed by atoms with van der Waals surface area (Å²) in [6.45, 7) is 4.52. The first kappa shape index (κ1) is 15.7. The van der Waals surface area contributed by atoms with Crippen LogP contribution in [0, 0.1) is 0 Å². The molecule has 4 aromatic carbocycles. The van der Waals surface area contributed by atoms with Gasteiger partial charge in [-0.1, -0.05) is 105 Å². The predicted octanol–water partition coefficient (Wildman–Crippen LogP) is 7.30. The van der Waals surface area contributed by atoms with Crippen molar-refractivity contribution in [1.29, 1.82) is 0 Å². The number of hydrogen-bond donors (Lipinski definition) is 0. The van der Waals surface area contributed by atoms with Gasteiger partial charge in [0, 0.05) is 0 Å². The second-order valence-corrected chi connectivity index (χ2v) is 6.86. The lowest BCUT2D eigenvalue weighted by Gasteiger charge is -2.16. The fourth-order valence-electron chi connectivity index (χ4n) is 3.48. The number of fused-ring (bicyclic) bond motifs is 1. The summed E-state index contributed by atoms with van der Waals surface area (Å²) in [5, 5.41) is 2.63. The Balaban J connectivity index is 2.03. The first-order valence-corrected chi connectivity index (χ1v) is 8.91. The smallest absolute Gasteiger partial charge is 0.00963 e. The van der Waals surface area contributed by atoms with Crippen LogP contribution in [0.5, 0.6) is 0 Å². The molecule has 0 saturated heterocycles. The molecule has 0 atom stereocenters. The van der Waals surface area contributed by atoms with Crippen molar-refractivity contribution < 1.29 is 0 Å².